The normalized spacial score (nSPS) is 12.6. The molecular formula is C17H22ClNS. The number of nitrogens with one attached hydrogen (secondary N) is 1. The van der Waals surface area contributed by atoms with E-state index < -0.39 is 0 Å². The molecule has 2 rings (SSSR count). The van der Waals surface area contributed by atoms with Crippen molar-refractivity contribution in [2.75, 3.05) is 6.54 Å². The van der Waals surface area contributed by atoms with Gasteiger partial charge in [0.1, 0.15) is 0 Å². The summed E-state index contributed by atoms with van der Waals surface area (Å²) >= 11 is 8.01. The SMILES string of the molecule is CCCNC(Cc1cccc(Cl)c1)c1ccc(CC)s1. The van der Waals surface area contributed by atoms with Gasteiger partial charge in [-0.15, -0.1) is 11.3 Å². The fourth-order valence-electron chi connectivity index (χ4n) is 2.26. The van der Waals surface area contributed by atoms with Crippen LogP contribution in [0.2, 0.25) is 5.02 Å². The van der Waals surface area contributed by atoms with Crippen LogP contribution in [0.5, 0.6) is 0 Å². The van der Waals surface area contributed by atoms with Crippen molar-refractivity contribution in [2.45, 2.75) is 39.2 Å². The average Bonchev–Trinajstić information content (AvgIpc) is 2.92. The Kier molecular flexibility index (Phi) is 6.08. The van der Waals surface area contributed by atoms with Crippen molar-refractivity contribution in [3.05, 3.63) is 56.7 Å². The minimum absolute atomic E-state index is 0.388. The summed E-state index contributed by atoms with van der Waals surface area (Å²) in [7, 11) is 0. The van der Waals surface area contributed by atoms with E-state index in [4.69, 9.17) is 11.6 Å². The van der Waals surface area contributed by atoms with Crippen LogP contribution < -0.4 is 5.32 Å². The maximum Gasteiger partial charge on any atom is 0.0455 e. The molecule has 3 heteroatoms. The summed E-state index contributed by atoms with van der Waals surface area (Å²) in [4.78, 5) is 2.88. The van der Waals surface area contributed by atoms with E-state index in [9.17, 15) is 0 Å². The molecule has 1 heterocycles. The van der Waals surface area contributed by atoms with Gasteiger partial charge in [0, 0.05) is 20.8 Å². The maximum atomic E-state index is 6.09. The van der Waals surface area contributed by atoms with Gasteiger partial charge in [-0.05, 0) is 55.6 Å². The zero-order chi connectivity index (χ0) is 14.4. The highest BCUT2D eigenvalue weighted by Gasteiger charge is 2.14. The van der Waals surface area contributed by atoms with E-state index in [1.54, 1.807) is 0 Å². The smallest absolute Gasteiger partial charge is 0.0455 e. The summed E-state index contributed by atoms with van der Waals surface area (Å²) in [6.45, 7) is 5.46. The molecule has 20 heavy (non-hydrogen) atoms. The van der Waals surface area contributed by atoms with E-state index in [1.807, 2.05) is 23.5 Å². The van der Waals surface area contributed by atoms with Crippen LogP contribution in [0, 0.1) is 0 Å². The van der Waals surface area contributed by atoms with Crippen LogP contribution in [0.15, 0.2) is 36.4 Å². The van der Waals surface area contributed by atoms with Crippen LogP contribution >= 0.6 is 22.9 Å². The molecule has 1 nitrogen and oxygen atoms in total. The summed E-state index contributed by atoms with van der Waals surface area (Å²) in [6, 6.07) is 13.1. The first-order chi connectivity index (χ1) is 9.72. The second-order valence-corrected chi connectivity index (χ2v) is 6.63. The Morgan fingerprint density at radius 2 is 2.05 bits per heavy atom. The highest BCUT2D eigenvalue weighted by Crippen LogP contribution is 2.27. The second-order valence-electron chi connectivity index (χ2n) is 5.00. The molecule has 0 saturated heterocycles. The third-order valence-corrected chi connectivity index (χ3v) is 4.92. The number of thiophene rings is 1. The number of hydrogen-bond donors (Lipinski definition) is 1. The fourth-order valence-corrected chi connectivity index (χ4v) is 3.50. The lowest BCUT2D eigenvalue weighted by Gasteiger charge is -2.17. The largest absolute Gasteiger partial charge is 0.309 e. The van der Waals surface area contributed by atoms with E-state index >= 15 is 0 Å². The Bertz CT molecular complexity index is 535. The zero-order valence-electron chi connectivity index (χ0n) is 12.2. The van der Waals surface area contributed by atoms with Gasteiger partial charge in [0.15, 0.2) is 0 Å². The quantitative estimate of drug-likeness (QED) is 0.737. The molecule has 1 unspecified atom stereocenters. The summed E-state index contributed by atoms with van der Waals surface area (Å²) < 4.78 is 0. The summed E-state index contributed by atoms with van der Waals surface area (Å²) in [6.07, 6.45) is 3.25. The van der Waals surface area contributed by atoms with Crippen molar-refractivity contribution in [3.8, 4) is 0 Å². The molecule has 0 aliphatic carbocycles. The van der Waals surface area contributed by atoms with Crippen molar-refractivity contribution >= 4 is 22.9 Å². The van der Waals surface area contributed by atoms with Crippen molar-refractivity contribution in [1.29, 1.82) is 0 Å². The fraction of sp³-hybridized carbons (Fsp3) is 0.412. The monoisotopic (exact) mass is 307 g/mol. The van der Waals surface area contributed by atoms with Crippen LogP contribution in [0.1, 0.15) is 41.6 Å². The number of aryl methyl sites for hydroxylation is 1. The number of halogens is 1. The molecule has 0 amide bonds. The highest BCUT2D eigenvalue weighted by molar-refractivity contribution is 7.12. The lowest BCUT2D eigenvalue weighted by Crippen LogP contribution is -2.23. The number of benzene rings is 1. The first-order valence-electron chi connectivity index (χ1n) is 7.29. The zero-order valence-corrected chi connectivity index (χ0v) is 13.7. The molecule has 108 valence electrons. The van der Waals surface area contributed by atoms with Crippen LogP contribution in [0.3, 0.4) is 0 Å². The molecule has 0 spiro atoms. The molecule has 0 fully saturated rings. The van der Waals surface area contributed by atoms with Crippen molar-refractivity contribution in [2.24, 2.45) is 0 Å². The lowest BCUT2D eigenvalue weighted by atomic mass is 10.0. The summed E-state index contributed by atoms with van der Waals surface area (Å²) in [5.41, 5.74) is 1.29. The Morgan fingerprint density at radius 1 is 1.20 bits per heavy atom. The Morgan fingerprint density at radius 3 is 2.70 bits per heavy atom. The van der Waals surface area contributed by atoms with Crippen LogP contribution in [-0.2, 0) is 12.8 Å². The first kappa shape index (κ1) is 15.6. The molecule has 1 atom stereocenters. The molecule has 0 saturated carbocycles. The molecular weight excluding hydrogens is 286 g/mol. The molecule has 0 aliphatic rings. The Balaban J connectivity index is 2.14. The molecule has 1 N–H and O–H groups in total. The van der Waals surface area contributed by atoms with E-state index in [0.717, 1.165) is 30.8 Å². The minimum atomic E-state index is 0.388. The maximum absolute atomic E-state index is 6.09. The van der Waals surface area contributed by atoms with Crippen LogP contribution in [-0.4, -0.2) is 6.54 Å². The first-order valence-corrected chi connectivity index (χ1v) is 8.48. The highest BCUT2D eigenvalue weighted by atomic mass is 35.5. The predicted molar refractivity (Wildman–Crippen MR) is 89.9 cm³/mol. The van der Waals surface area contributed by atoms with Gasteiger partial charge in [-0.25, -0.2) is 0 Å². The van der Waals surface area contributed by atoms with Crippen molar-refractivity contribution < 1.29 is 0 Å². The van der Waals surface area contributed by atoms with E-state index in [-0.39, 0.29) is 0 Å². The Hall–Kier alpha value is -0.830. The van der Waals surface area contributed by atoms with Gasteiger partial charge >= 0.3 is 0 Å². The van der Waals surface area contributed by atoms with E-state index in [2.05, 4.69) is 43.4 Å². The predicted octanol–water partition coefficient (Wildman–Crippen LogP) is 5.25. The van der Waals surface area contributed by atoms with Gasteiger partial charge in [0.25, 0.3) is 0 Å². The van der Waals surface area contributed by atoms with Crippen molar-refractivity contribution in [1.82, 2.24) is 5.32 Å². The number of hydrogen-bond acceptors (Lipinski definition) is 2. The lowest BCUT2D eigenvalue weighted by molar-refractivity contribution is 0.536. The van der Waals surface area contributed by atoms with Crippen LogP contribution in [0.4, 0.5) is 0 Å². The van der Waals surface area contributed by atoms with Gasteiger partial charge in [-0.2, -0.15) is 0 Å². The molecule has 0 radical (unpaired) electrons. The van der Waals surface area contributed by atoms with Gasteiger partial charge in [0.05, 0.1) is 0 Å². The third kappa shape index (κ3) is 4.34. The topological polar surface area (TPSA) is 12.0 Å². The molecule has 0 aliphatic heterocycles. The number of rotatable bonds is 7. The molecule has 0 bridgehead atoms. The van der Waals surface area contributed by atoms with Gasteiger partial charge < -0.3 is 5.32 Å². The van der Waals surface area contributed by atoms with Gasteiger partial charge in [0.2, 0.25) is 0 Å². The van der Waals surface area contributed by atoms with E-state index in [0.29, 0.717) is 6.04 Å². The summed E-state index contributed by atoms with van der Waals surface area (Å²) in [5, 5.41) is 4.48. The average molecular weight is 308 g/mol. The third-order valence-electron chi connectivity index (χ3n) is 3.34. The van der Waals surface area contributed by atoms with Crippen molar-refractivity contribution in [3.63, 3.8) is 0 Å². The molecule has 1 aromatic carbocycles. The standard InChI is InChI=1S/C17H22ClNS/c1-3-10-19-16(17-9-8-15(4-2)20-17)12-13-6-5-7-14(18)11-13/h5-9,11,16,19H,3-4,10,12H2,1-2H3. The van der Waals surface area contributed by atoms with Crippen LogP contribution in [0.25, 0.3) is 0 Å². The Labute approximate surface area is 131 Å². The second kappa shape index (κ2) is 7.82. The summed E-state index contributed by atoms with van der Waals surface area (Å²) in [5.74, 6) is 0. The molecule has 1 aromatic heterocycles. The van der Waals surface area contributed by atoms with Gasteiger partial charge in [-0.3, -0.25) is 0 Å². The van der Waals surface area contributed by atoms with E-state index in [1.165, 1.54) is 15.3 Å². The molecule has 2 aromatic rings. The minimum Gasteiger partial charge on any atom is -0.309 e. The van der Waals surface area contributed by atoms with Gasteiger partial charge in [-0.1, -0.05) is 37.6 Å².